The first-order valence-corrected chi connectivity index (χ1v) is 7.38. The zero-order chi connectivity index (χ0) is 14.4. The molecule has 0 radical (unpaired) electrons. The van der Waals surface area contributed by atoms with Crippen LogP contribution in [0.4, 0.5) is 5.69 Å². The van der Waals surface area contributed by atoms with E-state index in [1.807, 2.05) is 6.07 Å². The van der Waals surface area contributed by atoms with Crippen molar-refractivity contribution in [2.45, 2.75) is 25.8 Å². The summed E-state index contributed by atoms with van der Waals surface area (Å²) in [6.07, 6.45) is 1.87. The van der Waals surface area contributed by atoms with E-state index in [-0.39, 0.29) is 12.0 Å². The summed E-state index contributed by atoms with van der Waals surface area (Å²) in [6.45, 7) is 5.85. The van der Waals surface area contributed by atoms with Crippen molar-refractivity contribution in [3.05, 3.63) is 30.3 Å². The molecule has 0 spiro atoms. The van der Waals surface area contributed by atoms with Gasteiger partial charge in [0.1, 0.15) is 6.04 Å². The maximum absolute atomic E-state index is 11.9. The third-order valence-corrected chi connectivity index (χ3v) is 3.91. The molecule has 4 heteroatoms. The third-order valence-electron chi connectivity index (χ3n) is 3.91. The monoisotopic (exact) mass is 276 g/mol. The van der Waals surface area contributed by atoms with Gasteiger partial charge in [-0.05, 0) is 18.6 Å². The average molecular weight is 276 g/mol. The number of carbonyl (C=O) groups is 1. The van der Waals surface area contributed by atoms with Gasteiger partial charge >= 0.3 is 5.97 Å². The fourth-order valence-electron chi connectivity index (χ4n) is 2.79. The smallest absolute Gasteiger partial charge is 0.323 e. The van der Waals surface area contributed by atoms with Crippen molar-refractivity contribution in [3.63, 3.8) is 0 Å². The van der Waals surface area contributed by atoms with Crippen LogP contribution >= 0.6 is 0 Å². The van der Waals surface area contributed by atoms with Crippen LogP contribution in [0.25, 0.3) is 0 Å². The van der Waals surface area contributed by atoms with Gasteiger partial charge in [0.05, 0.1) is 7.11 Å². The molecule has 0 N–H and O–H groups in total. The summed E-state index contributed by atoms with van der Waals surface area (Å²) in [7, 11) is 1.48. The molecule has 1 heterocycles. The van der Waals surface area contributed by atoms with Crippen molar-refractivity contribution < 1.29 is 9.53 Å². The number of esters is 1. The van der Waals surface area contributed by atoms with Crippen LogP contribution < -0.4 is 4.90 Å². The summed E-state index contributed by atoms with van der Waals surface area (Å²) in [6, 6.07) is 10.4. The lowest BCUT2D eigenvalue weighted by Crippen LogP contribution is -2.53. The van der Waals surface area contributed by atoms with Gasteiger partial charge in [-0.25, -0.2) is 0 Å². The molecule has 1 aromatic carbocycles. The molecule has 0 saturated carbocycles. The average Bonchev–Trinajstić information content (AvgIpc) is 2.53. The maximum atomic E-state index is 11.9. The van der Waals surface area contributed by atoms with Gasteiger partial charge in [0.15, 0.2) is 0 Å². The Morgan fingerprint density at radius 1 is 1.20 bits per heavy atom. The summed E-state index contributed by atoms with van der Waals surface area (Å²) in [4.78, 5) is 16.5. The summed E-state index contributed by atoms with van der Waals surface area (Å²) < 4.78 is 4.94. The van der Waals surface area contributed by atoms with Gasteiger partial charge in [0.2, 0.25) is 0 Å². The molecule has 1 atom stereocenters. The van der Waals surface area contributed by atoms with Crippen molar-refractivity contribution in [2.75, 3.05) is 38.2 Å². The van der Waals surface area contributed by atoms with Crippen molar-refractivity contribution in [2.24, 2.45) is 0 Å². The zero-order valence-electron chi connectivity index (χ0n) is 12.4. The van der Waals surface area contributed by atoms with Gasteiger partial charge in [-0.1, -0.05) is 31.5 Å². The molecule has 110 valence electrons. The third kappa shape index (κ3) is 3.51. The number of benzene rings is 1. The summed E-state index contributed by atoms with van der Waals surface area (Å²) in [5, 5.41) is 0. The summed E-state index contributed by atoms with van der Waals surface area (Å²) >= 11 is 0. The maximum Gasteiger partial charge on any atom is 0.323 e. The molecule has 1 aliphatic rings. The van der Waals surface area contributed by atoms with E-state index in [0.717, 1.165) is 39.0 Å². The lowest BCUT2D eigenvalue weighted by Gasteiger charge is -2.39. The highest BCUT2D eigenvalue weighted by atomic mass is 16.5. The van der Waals surface area contributed by atoms with Crippen LogP contribution in [0.1, 0.15) is 19.8 Å². The largest absolute Gasteiger partial charge is 0.468 e. The lowest BCUT2D eigenvalue weighted by molar-refractivity contribution is -0.147. The highest BCUT2D eigenvalue weighted by molar-refractivity contribution is 5.75. The first-order chi connectivity index (χ1) is 9.76. The summed E-state index contributed by atoms with van der Waals surface area (Å²) in [5.74, 6) is -0.0972. The molecule has 1 saturated heterocycles. The Balaban J connectivity index is 1.94. The fourth-order valence-corrected chi connectivity index (χ4v) is 2.79. The van der Waals surface area contributed by atoms with Crippen molar-refractivity contribution in [3.8, 4) is 0 Å². The number of methoxy groups -OCH3 is 1. The Morgan fingerprint density at radius 3 is 2.40 bits per heavy atom. The van der Waals surface area contributed by atoms with E-state index in [0.29, 0.717) is 0 Å². The number of ether oxygens (including phenoxy) is 1. The quantitative estimate of drug-likeness (QED) is 0.772. The molecule has 0 amide bonds. The minimum atomic E-state index is -0.0972. The molecular weight excluding hydrogens is 252 g/mol. The number of hydrogen-bond donors (Lipinski definition) is 0. The van der Waals surface area contributed by atoms with Crippen molar-refractivity contribution >= 4 is 11.7 Å². The second kappa shape index (κ2) is 7.29. The predicted octanol–water partition coefficient (Wildman–Crippen LogP) is 2.15. The number of rotatable bonds is 5. The van der Waals surface area contributed by atoms with E-state index in [9.17, 15) is 4.79 Å². The lowest BCUT2D eigenvalue weighted by atomic mass is 10.1. The topological polar surface area (TPSA) is 32.8 Å². The number of hydrogen-bond acceptors (Lipinski definition) is 4. The van der Waals surface area contributed by atoms with Crippen LogP contribution in [0.2, 0.25) is 0 Å². The molecule has 1 aromatic rings. The minimum Gasteiger partial charge on any atom is -0.468 e. The number of nitrogens with zero attached hydrogens (tertiary/aromatic N) is 2. The highest BCUT2D eigenvalue weighted by Gasteiger charge is 2.28. The van der Waals surface area contributed by atoms with Gasteiger partial charge < -0.3 is 9.64 Å². The molecule has 0 aliphatic carbocycles. The van der Waals surface area contributed by atoms with Crippen molar-refractivity contribution in [1.82, 2.24) is 4.90 Å². The second-order valence-corrected chi connectivity index (χ2v) is 5.19. The van der Waals surface area contributed by atoms with E-state index >= 15 is 0 Å². The van der Waals surface area contributed by atoms with Crippen LogP contribution in [-0.4, -0.2) is 50.2 Å². The predicted molar refractivity (Wildman–Crippen MR) is 80.9 cm³/mol. The van der Waals surface area contributed by atoms with Crippen LogP contribution in [0, 0.1) is 0 Å². The first-order valence-electron chi connectivity index (χ1n) is 7.38. The van der Waals surface area contributed by atoms with Crippen molar-refractivity contribution in [1.29, 1.82) is 0 Å². The van der Waals surface area contributed by atoms with Crippen LogP contribution in [0.15, 0.2) is 30.3 Å². The van der Waals surface area contributed by atoms with E-state index in [2.05, 4.69) is 41.0 Å². The van der Waals surface area contributed by atoms with Gasteiger partial charge in [-0.15, -0.1) is 0 Å². The first kappa shape index (κ1) is 14.9. The molecule has 4 nitrogen and oxygen atoms in total. The van der Waals surface area contributed by atoms with Gasteiger partial charge in [-0.3, -0.25) is 9.69 Å². The van der Waals surface area contributed by atoms with E-state index < -0.39 is 0 Å². The fraction of sp³-hybridized carbons (Fsp3) is 0.562. The molecule has 1 fully saturated rings. The minimum absolute atomic E-state index is 0.0806. The number of para-hydroxylation sites is 1. The molecular formula is C16H24N2O2. The van der Waals surface area contributed by atoms with Crippen LogP contribution in [-0.2, 0) is 9.53 Å². The van der Waals surface area contributed by atoms with Gasteiger partial charge in [0, 0.05) is 31.9 Å². The Labute approximate surface area is 121 Å². The Morgan fingerprint density at radius 2 is 1.85 bits per heavy atom. The molecule has 0 aromatic heterocycles. The number of carbonyl (C=O) groups excluding carboxylic acids is 1. The second-order valence-electron chi connectivity index (χ2n) is 5.19. The Hall–Kier alpha value is -1.55. The molecule has 0 unspecified atom stereocenters. The molecule has 20 heavy (non-hydrogen) atoms. The van der Waals surface area contributed by atoms with Gasteiger partial charge in [0.25, 0.3) is 0 Å². The number of piperazine rings is 1. The SMILES string of the molecule is CCC[C@@H](C(=O)OC)N1CCN(c2ccccc2)CC1. The van der Waals surface area contributed by atoms with E-state index in [4.69, 9.17) is 4.74 Å². The normalized spacial score (nSPS) is 17.8. The van der Waals surface area contributed by atoms with E-state index in [1.165, 1.54) is 12.8 Å². The van der Waals surface area contributed by atoms with Crippen LogP contribution in [0.3, 0.4) is 0 Å². The number of anilines is 1. The van der Waals surface area contributed by atoms with Crippen LogP contribution in [0.5, 0.6) is 0 Å². The molecule has 1 aliphatic heterocycles. The molecule has 2 rings (SSSR count). The van der Waals surface area contributed by atoms with Gasteiger partial charge in [-0.2, -0.15) is 0 Å². The zero-order valence-corrected chi connectivity index (χ0v) is 12.4. The standard InChI is InChI=1S/C16H24N2O2/c1-3-7-15(16(19)20-2)18-12-10-17(11-13-18)14-8-5-4-6-9-14/h4-6,8-9,15H,3,7,10-13H2,1-2H3/t15-/m0/s1. The highest BCUT2D eigenvalue weighted by Crippen LogP contribution is 2.18. The Kier molecular flexibility index (Phi) is 5.41. The van der Waals surface area contributed by atoms with E-state index in [1.54, 1.807) is 0 Å². The summed E-state index contributed by atoms with van der Waals surface area (Å²) in [5.41, 5.74) is 1.26. The molecule has 0 bridgehead atoms. The Bertz CT molecular complexity index is 414.